The highest BCUT2D eigenvalue weighted by atomic mass is 35.5. The monoisotopic (exact) mass is 406 g/mol. The van der Waals surface area contributed by atoms with Gasteiger partial charge in [0.2, 0.25) is 0 Å². The van der Waals surface area contributed by atoms with Gasteiger partial charge in [0.05, 0.1) is 11.3 Å². The maximum Gasteiger partial charge on any atom is 0.291 e. The molecule has 0 fully saturated rings. The number of furan rings is 2. The summed E-state index contributed by atoms with van der Waals surface area (Å²) in [5.74, 6) is 0.145. The van der Waals surface area contributed by atoms with Crippen molar-refractivity contribution in [2.24, 2.45) is 0 Å². The molecule has 4 rings (SSSR count). The first-order valence-electron chi connectivity index (χ1n) is 8.71. The summed E-state index contributed by atoms with van der Waals surface area (Å²) >= 11 is 6.16. The van der Waals surface area contributed by atoms with Gasteiger partial charge in [-0.2, -0.15) is 0 Å². The summed E-state index contributed by atoms with van der Waals surface area (Å²) in [6.45, 7) is 0. The molecule has 0 aliphatic carbocycles. The quantitative estimate of drug-likeness (QED) is 0.445. The third kappa shape index (κ3) is 4.23. The van der Waals surface area contributed by atoms with Crippen LogP contribution in [0.1, 0.15) is 21.1 Å². The van der Waals surface area contributed by atoms with Gasteiger partial charge < -0.3 is 19.5 Å². The third-order valence-corrected chi connectivity index (χ3v) is 4.44. The van der Waals surface area contributed by atoms with Gasteiger partial charge in [0.1, 0.15) is 5.76 Å². The Kier molecular flexibility index (Phi) is 5.18. The van der Waals surface area contributed by atoms with Gasteiger partial charge in [0, 0.05) is 16.9 Å². The van der Waals surface area contributed by atoms with Gasteiger partial charge in [-0.25, -0.2) is 0 Å². The number of benzene rings is 2. The minimum atomic E-state index is -0.393. The van der Waals surface area contributed by atoms with E-state index in [0.29, 0.717) is 27.7 Å². The molecule has 144 valence electrons. The molecule has 0 unspecified atom stereocenters. The zero-order chi connectivity index (χ0) is 20.2. The van der Waals surface area contributed by atoms with Crippen molar-refractivity contribution in [3.05, 3.63) is 95.6 Å². The molecule has 6 nitrogen and oxygen atoms in total. The van der Waals surface area contributed by atoms with Crippen molar-refractivity contribution in [1.82, 2.24) is 0 Å². The van der Waals surface area contributed by atoms with Crippen molar-refractivity contribution in [1.29, 1.82) is 0 Å². The van der Waals surface area contributed by atoms with Crippen molar-refractivity contribution >= 4 is 34.8 Å². The second-order valence-corrected chi connectivity index (χ2v) is 6.51. The zero-order valence-corrected chi connectivity index (χ0v) is 15.8. The molecule has 0 spiro atoms. The Bertz CT molecular complexity index is 1150. The van der Waals surface area contributed by atoms with Crippen LogP contribution in [0.3, 0.4) is 0 Å². The van der Waals surface area contributed by atoms with Gasteiger partial charge in [-0.1, -0.05) is 23.7 Å². The molecular weight excluding hydrogens is 392 g/mol. The van der Waals surface area contributed by atoms with E-state index >= 15 is 0 Å². The standard InChI is InChI=1S/C22H15ClN2O4/c23-17-5-2-1-4-16(17)18-11-12-20(29-18)22(27)25-15-9-7-14(8-10-15)24-21(26)19-6-3-13-28-19/h1-13H,(H,24,26)(H,25,27). The number of nitrogens with one attached hydrogen (secondary N) is 2. The SMILES string of the molecule is O=C(Nc1ccc(NC(=O)c2ccc(-c3ccccc3Cl)o2)cc1)c1ccco1. The molecule has 7 heteroatoms. The van der Waals surface area contributed by atoms with Gasteiger partial charge in [-0.15, -0.1) is 0 Å². The summed E-state index contributed by atoms with van der Waals surface area (Å²) in [5.41, 5.74) is 1.84. The summed E-state index contributed by atoms with van der Waals surface area (Å²) in [4.78, 5) is 24.4. The maximum atomic E-state index is 12.4. The Hall–Kier alpha value is -3.77. The van der Waals surface area contributed by atoms with Crippen LogP contribution in [-0.2, 0) is 0 Å². The molecule has 2 amide bonds. The van der Waals surface area contributed by atoms with Crippen LogP contribution in [0.15, 0.2) is 87.9 Å². The molecule has 2 aromatic carbocycles. The van der Waals surface area contributed by atoms with Crippen LogP contribution >= 0.6 is 11.6 Å². The molecule has 0 atom stereocenters. The fourth-order valence-electron chi connectivity index (χ4n) is 2.70. The third-order valence-electron chi connectivity index (χ3n) is 4.11. The average Bonchev–Trinajstić information content (AvgIpc) is 3.42. The minimum absolute atomic E-state index is 0.162. The van der Waals surface area contributed by atoms with Crippen LogP contribution in [0.4, 0.5) is 11.4 Å². The van der Waals surface area contributed by atoms with Crippen LogP contribution < -0.4 is 10.6 Å². The molecule has 2 aromatic heterocycles. The van der Waals surface area contributed by atoms with Gasteiger partial charge in [0.25, 0.3) is 11.8 Å². The van der Waals surface area contributed by atoms with Gasteiger partial charge in [0.15, 0.2) is 11.5 Å². The van der Waals surface area contributed by atoms with Gasteiger partial charge in [-0.3, -0.25) is 9.59 Å². The van der Waals surface area contributed by atoms with Crippen molar-refractivity contribution in [2.75, 3.05) is 10.6 Å². The van der Waals surface area contributed by atoms with Gasteiger partial charge in [-0.05, 0) is 60.7 Å². The highest BCUT2D eigenvalue weighted by Gasteiger charge is 2.14. The summed E-state index contributed by atoms with van der Waals surface area (Å²) in [6.07, 6.45) is 1.43. The Labute approximate surface area is 171 Å². The first-order valence-corrected chi connectivity index (χ1v) is 9.09. The lowest BCUT2D eigenvalue weighted by Gasteiger charge is -2.06. The largest absolute Gasteiger partial charge is 0.459 e. The van der Waals surface area contributed by atoms with Crippen LogP contribution in [0, 0.1) is 0 Å². The molecule has 0 aliphatic heterocycles. The van der Waals surface area contributed by atoms with Crippen molar-refractivity contribution in [3.8, 4) is 11.3 Å². The number of carbonyl (C=O) groups excluding carboxylic acids is 2. The van der Waals surface area contributed by atoms with E-state index in [2.05, 4.69) is 10.6 Å². The predicted octanol–water partition coefficient (Wildman–Crippen LogP) is 5.70. The topological polar surface area (TPSA) is 84.5 Å². The number of anilines is 2. The van der Waals surface area contributed by atoms with E-state index < -0.39 is 5.91 Å². The van der Waals surface area contributed by atoms with E-state index in [1.54, 1.807) is 54.6 Å². The minimum Gasteiger partial charge on any atom is -0.459 e. The Morgan fingerprint density at radius 3 is 2.00 bits per heavy atom. The lowest BCUT2D eigenvalue weighted by atomic mass is 10.2. The number of amides is 2. The Morgan fingerprint density at radius 2 is 1.38 bits per heavy atom. The first kappa shape index (κ1) is 18.6. The van der Waals surface area contributed by atoms with E-state index in [1.807, 2.05) is 18.2 Å². The maximum absolute atomic E-state index is 12.4. The molecule has 0 saturated carbocycles. The predicted molar refractivity (Wildman–Crippen MR) is 110 cm³/mol. The zero-order valence-electron chi connectivity index (χ0n) is 15.0. The molecule has 2 N–H and O–H groups in total. The van der Waals surface area contributed by atoms with Crippen LogP contribution in [-0.4, -0.2) is 11.8 Å². The molecule has 29 heavy (non-hydrogen) atoms. The van der Waals surface area contributed by atoms with Crippen molar-refractivity contribution in [3.63, 3.8) is 0 Å². The molecule has 0 aliphatic rings. The number of hydrogen-bond donors (Lipinski definition) is 2. The molecule has 0 saturated heterocycles. The Balaban J connectivity index is 1.41. The van der Waals surface area contributed by atoms with Crippen molar-refractivity contribution in [2.45, 2.75) is 0 Å². The summed E-state index contributed by atoms with van der Waals surface area (Å²) in [7, 11) is 0. The van der Waals surface area contributed by atoms with Gasteiger partial charge >= 0.3 is 0 Å². The Morgan fingerprint density at radius 1 is 0.724 bits per heavy atom. The normalized spacial score (nSPS) is 10.5. The van der Waals surface area contributed by atoms with Crippen LogP contribution in [0.2, 0.25) is 5.02 Å². The summed E-state index contributed by atoms with van der Waals surface area (Å²) < 4.78 is 10.7. The van der Waals surface area contributed by atoms with E-state index in [0.717, 1.165) is 0 Å². The first-order chi connectivity index (χ1) is 14.1. The second kappa shape index (κ2) is 8.08. The molecule has 4 aromatic rings. The fourth-order valence-corrected chi connectivity index (χ4v) is 2.92. The lowest BCUT2D eigenvalue weighted by molar-refractivity contribution is 0.0989. The smallest absolute Gasteiger partial charge is 0.291 e. The number of carbonyl (C=O) groups is 2. The second-order valence-electron chi connectivity index (χ2n) is 6.11. The van der Waals surface area contributed by atoms with E-state index in [4.69, 9.17) is 20.4 Å². The van der Waals surface area contributed by atoms with E-state index in [9.17, 15) is 9.59 Å². The lowest BCUT2D eigenvalue weighted by Crippen LogP contribution is -2.12. The molecule has 2 heterocycles. The molecule has 0 bridgehead atoms. The average molecular weight is 407 g/mol. The number of halogens is 1. The van der Waals surface area contributed by atoms with Crippen molar-refractivity contribution < 1.29 is 18.4 Å². The van der Waals surface area contributed by atoms with Crippen LogP contribution in [0.5, 0.6) is 0 Å². The highest BCUT2D eigenvalue weighted by Crippen LogP contribution is 2.29. The number of rotatable bonds is 5. The molecule has 0 radical (unpaired) electrons. The summed E-state index contributed by atoms with van der Waals surface area (Å²) in [6, 6.07) is 20.4. The number of hydrogen-bond acceptors (Lipinski definition) is 4. The van der Waals surface area contributed by atoms with Crippen LogP contribution in [0.25, 0.3) is 11.3 Å². The van der Waals surface area contributed by atoms with E-state index in [1.165, 1.54) is 6.26 Å². The summed E-state index contributed by atoms with van der Waals surface area (Å²) in [5, 5.41) is 6.00. The molecular formula is C22H15ClN2O4. The fraction of sp³-hybridized carbons (Fsp3) is 0. The highest BCUT2D eigenvalue weighted by molar-refractivity contribution is 6.33. The van der Waals surface area contributed by atoms with E-state index in [-0.39, 0.29) is 17.4 Å².